The van der Waals surface area contributed by atoms with E-state index in [2.05, 4.69) is 56.5 Å². The Balaban J connectivity index is 1.73. The molecule has 0 bridgehead atoms. The van der Waals surface area contributed by atoms with Gasteiger partial charge in [-0.3, -0.25) is 4.79 Å². The molecule has 1 saturated carbocycles. The number of piperidine rings is 1. The van der Waals surface area contributed by atoms with Crippen molar-refractivity contribution in [3.8, 4) is 0 Å². The highest BCUT2D eigenvalue weighted by atomic mass is 16.2. The van der Waals surface area contributed by atoms with Crippen LogP contribution in [0.5, 0.6) is 0 Å². The van der Waals surface area contributed by atoms with Crippen molar-refractivity contribution in [2.24, 2.45) is 11.3 Å². The minimum Gasteiger partial charge on any atom is -0.326 e. The molecule has 1 aromatic carbocycles. The summed E-state index contributed by atoms with van der Waals surface area (Å²) in [6.07, 6.45) is 3.37. The Bertz CT molecular complexity index is 585. The molecule has 2 N–H and O–H groups in total. The van der Waals surface area contributed by atoms with Gasteiger partial charge in [-0.15, -0.1) is 0 Å². The third-order valence-electron chi connectivity index (χ3n) is 5.73. The van der Waals surface area contributed by atoms with E-state index in [0.29, 0.717) is 17.3 Å². The van der Waals surface area contributed by atoms with E-state index in [9.17, 15) is 4.79 Å². The van der Waals surface area contributed by atoms with Crippen molar-refractivity contribution >= 4 is 11.6 Å². The van der Waals surface area contributed by atoms with Gasteiger partial charge in [-0.05, 0) is 66.8 Å². The summed E-state index contributed by atoms with van der Waals surface area (Å²) in [5, 5.41) is 6.63. The van der Waals surface area contributed by atoms with Crippen LogP contribution >= 0.6 is 0 Å². The number of benzene rings is 1. The van der Waals surface area contributed by atoms with Gasteiger partial charge in [0.15, 0.2) is 0 Å². The maximum Gasteiger partial charge on any atom is 0.228 e. The van der Waals surface area contributed by atoms with Crippen LogP contribution in [-0.2, 0) is 4.79 Å². The Labute approximate surface area is 140 Å². The summed E-state index contributed by atoms with van der Waals surface area (Å²) in [7, 11) is 0. The van der Waals surface area contributed by atoms with Gasteiger partial charge in [-0.25, -0.2) is 0 Å². The van der Waals surface area contributed by atoms with Gasteiger partial charge in [0.25, 0.3) is 0 Å². The molecule has 2 fully saturated rings. The zero-order valence-corrected chi connectivity index (χ0v) is 14.9. The maximum absolute atomic E-state index is 12.7. The molecule has 1 aliphatic heterocycles. The lowest BCUT2D eigenvalue weighted by Crippen LogP contribution is -2.31. The molecule has 2 aliphatic rings. The summed E-state index contributed by atoms with van der Waals surface area (Å²) in [6.45, 7) is 10.9. The molecule has 1 amide bonds. The number of amides is 1. The molecule has 3 rings (SSSR count). The van der Waals surface area contributed by atoms with Gasteiger partial charge >= 0.3 is 0 Å². The van der Waals surface area contributed by atoms with E-state index in [1.165, 1.54) is 11.1 Å². The highest BCUT2D eigenvalue weighted by Gasteiger charge is 2.57. The fourth-order valence-electron chi connectivity index (χ4n) is 3.95. The molecule has 23 heavy (non-hydrogen) atoms. The predicted molar refractivity (Wildman–Crippen MR) is 95.9 cm³/mol. The fourth-order valence-corrected chi connectivity index (χ4v) is 3.95. The Kier molecular flexibility index (Phi) is 4.50. The van der Waals surface area contributed by atoms with Crippen molar-refractivity contribution < 1.29 is 4.79 Å². The predicted octanol–water partition coefficient (Wildman–Crippen LogP) is 4.26. The van der Waals surface area contributed by atoms with E-state index < -0.39 is 0 Å². The number of hydrogen-bond acceptors (Lipinski definition) is 2. The molecule has 0 aromatic heterocycles. The van der Waals surface area contributed by atoms with Gasteiger partial charge in [-0.2, -0.15) is 0 Å². The molecule has 3 nitrogen and oxygen atoms in total. The van der Waals surface area contributed by atoms with Crippen LogP contribution < -0.4 is 10.6 Å². The van der Waals surface area contributed by atoms with Crippen molar-refractivity contribution in [3.63, 3.8) is 0 Å². The van der Waals surface area contributed by atoms with E-state index >= 15 is 0 Å². The van der Waals surface area contributed by atoms with Gasteiger partial charge < -0.3 is 10.6 Å². The third-order valence-corrected chi connectivity index (χ3v) is 5.73. The summed E-state index contributed by atoms with van der Waals surface area (Å²) < 4.78 is 0. The number of carbonyl (C=O) groups is 1. The molecule has 1 heterocycles. The second-order valence-corrected chi connectivity index (χ2v) is 8.01. The smallest absolute Gasteiger partial charge is 0.228 e. The van der Waals surface area contributed by atoms with Crippen LogP contribution in [0.25, 0.3) is 0 Å². The number of anilines is 1. The molecular formula is C20H30N2O. The summed E-state index contributed by atoms with van der Waals surface area (Å²) in [4.78, 5) is 12.7. The number of carbonyl (C=O) groups excluding carboxylic acids is 1. The van der Waals surface area contributed by atoms with E-state index in [-0.39, 0.29) is 11.8 Å². The molecule has 1 aliphatic carbocycles. The monoisotopic (exact) mass is 314 g/mol. The Morgan fingerprint density at radius 3 is 2.48 bits per heavy atom. The lowest BCUT2D eigenvalue weighted by molar-refractivity contribution is -0.118. The van der Waals surface area contributed by atoms with E-state index in [4.69, 9.17) is 0 Å². The third kappa shape index (κ3) is 3.30. The minimum absolute atomic E-state index is 0.217. The average molecular weight is 314 g/mol. The summed E-state index contributed by atoms with van der Waals surface area (Å²) in [5.41, 5.74) is 3.90. The van der Waals surface area contributed by atoms with Crippen LogP contribution in [0.4, 0.5) is 5.69 Å². The van der Waals surface area contributed by atoms with Crippen LogP contribution in [0.1, 0.15) is 69.9 Å². The molecule has 1 spiro atoms. The van der Waals surface area contributed by atoms with Crippen LogP contribution in [-0.4, -0.2) is 19.0 Å². The zero-order chi connectivity index (χ0) is 16.6. The zero-order valence-electron chi connectivity index (χ0n) is 14.9. The Morgan fingerprint density at radius 2 is 1.87 bits per heavy atom. The first-order valence-electron chi connectivity index (χ1n) is 9.08. The first-order valence-corrected chi connectivity index (χ1v) is 9.08. The average Bonchev–Trinajstić information content (AvgIpc) is 3.21. The summed E-state index contributed by atoms with van der Waals surface area (Å²) in [6, 6.07) is 6.51. The first-order chi connectivity index (χ1) is 10.9. The summed E-state index contributed by atoms with van der Waals surface area (Å²) in [5.74, 6) is 1.37. The van der Waals surface area contributed by atoms with Crippen LogP contribution in [0.2, 0.25) is 0 Å². The molecule has 1 unspecified atom stereocenters. The highest BCUT2D eigenvalue weighted by molar-refractivity contribution is 5.95. The lowest BCUT2D eigenvalue weighted by Gasteiger charge is -2.23. The Morgan fingerprint density at radius 1 is 1.17 bits per heavy atom. The van der Waals surface area contributed by atoms with Crippen molar-refractivity contribution in [3.05, 3.63) is 29.3 Å². The van der Waals surface area contributed by atoms with Gasteiger partial charge in [0.2, 0.25) is 5.91 Å². The van der Waals surface area contributed by atoms with E-state index in [1.807, 2.05) is 0 Å². The molecule has 3 heteroatoms. The number of nitrogens with one attached hydrogen (secondary N) is 2. The van der Waals surface area contributed by atoms with Gasteiger partial charge in [0.05, 0.1) is 0 Å². The van der Waals surface area contributed by atoms with Crippen molar-refractivity contribution in [2.45, 2.75) is 58.8 Å². The van der Waals surface area contributed by atoms with Crippen molar-refractivity contribution in [2.75, 3.05) is 18.4 Å². The topological polar surface area (TPSA) is 41.1 Å². The van der Waals surface area contributed by atoms with E-state index in [0.717, 1.165) is 38.0 Å². The molecule has 1 aromatic rings. The normalized spacial score (nSPS) is 22.6. The first kappa shape index (κ1) is 16.5. The van der Waals surface area contributed by atoms with Crippen molar-refractivity contribution in [1.29, 1.82) is 0 Å². The maximum atomic E-state index is 12.7. The minimum atomic E-state index is 0.217. The molecule has 1 atom stereocenters. The number of rotatable bonds is 4. The highest BCUT2D eigenvalue weighted by Crippen LogP contribution is 2.58. The largest absolute Gasteiger partial charge is 0.326 e. The van der Waals surface area contributed by atoms with Crippen LogP contribution in [0, 0.1) is 11.3 Å². The molecule has 0 radical (unpaired) electrons. The molecular weight excluding hydrogens is 284 g/mol. The van der Waals surface area contributed by atoms with Gasteiger partial charge in [-0.1, -0.05) is 39.8 Å². The fraction of sp³-hybridized carbons (Fsp3) is 0.650. The van der Waals surface area contributed by atoms with Crippen molar-refractivity contribution in [1.82, 2.24) is 5.32 Å². The van der Waals surface area contributed by atoms with Crippen LogP contribution in [0.3, 0.4) is 0 Å². The summed E-state index contributed by atoms with van der Waals surface area (Å²) >= 11 is 0. The second kappa shape index (κ2) is 6.27. The number of hydrogen-bond donors (Lipinski definition) is 2. The van der Waals surface area contributed by atoms with E-state index in [1.54, 1.807) is 0 Å². The van der Waals surface area contributed by atoms with Gasteiger partial charge in [0, 0.05) is 11.6 Å². The lowest BCUT2D eigenvalue weighted by atomic mass is 9.91. The SMILES string of the molecule is CC(C)c1ccc(NC(=O)C2CC23CCNCC3)c(C(C)C)c1. The van der Waals surface area contributed by atoms with Crippen LogP contribution in [0.15, 0.2) is 18.2 Å². The second-order valence-electron chi connectivity index (χ2n) is 8.01. The molecule has 1 saturated heterocycles. The standard InChI is InChI=1S/C20H30N2O/c1-13(2)15-5-6-18(16(11-15)14(3)4)22-19(23)17-12-20(17)7-9-21-10-8-20/h5-6,11,13-14,17,21H,7-10,12H2,1-4H3,(H,22,23). The quantitative estimate of drug-likeness (QED) is 0.872. The molecule has 126 valence electrons. The Hall–Kier alpha value is -1.35. The van der Waals surface area contributed by atoms with Gasteiger partial charge in [0.1, 0.15) is 0 Å².